The van der Waals surface area contributed by atoms with Crippen LogP contribution in [0.15, 0.2) is 54.6 Å². The van der Waals surface area contributed by atoms with E-state index in [-0.39, 0.29) is 23.8 Å². The van der Waals surface area contributed by atoms with Gasteiger partial charge in [-0.1, -0.05) is 73.3 Å². The summed E-state index contributed by atoms with van der Waals surface area (Å²) >= 11 is 6.23. The van der Waals surface area contributed by atoms with Crippen molar-refractivity contribution in [1.29, 1.82) is 0 Å². The van der Waals surface area contributed by atoms with Crippen LogP contribution in [0.4, 0.5) is 0 Å². The highest BCUT2D eigenvalue weighted by atomic mass is 35.5. The van der Waals surface area contributed by atoms with Gasteiger partial charge in [0, 0.05) is 25.2 Å². The molecule has 2 aliphatic rings. The summed E-state index contributed by atoms with van der Waals surface area (Å²) in [6.45, 7) is 3.96. The lowest BCUT2D eigenvalue weighted by Gasteiger charge is -2.48. The maximum Gasteiger partial charge on any atom is 0.253 e. The number of amides is 2. The third-order valence-electron chi connectivity index (χ3n) is 7.10. The van der Waals surface area contributed by atoms with E-state index in [1.165, 1.54) is 19.3 Å². The fourth-order valence-corrected chi connectivity index (χ4v) is 5.41. The zero-order valence-electron chi connectivity index (χ0n) is 19.6. The van der Waals surface area contributed by atoms with E-state index in [9.17, 15) is 9.59 Å². The van der Waals surface area contributed by atoms with Gasteiger partial charge in [0.1, 0.15) is 0 Å². The molecule has 2 fully saturated rings. The Morgan fingerprint density at radius 3 is 2.35 bits per heavy atom. The highest BCUT2D eigenvalue weighted by Crippen LogP contribution is 2.34. The Morgan fingerprint density at radius 1 is 0.971 bits per heavy atom. The van der Waals surface area contributed by atoms with E-state index >= 15 is 0 Å². The van der Waals surface area contributed by atoms with Crippen molar-refractivity contribution >= 4 is 23.4 Å². The van der Waals surface area contributed by atoms with E-state index in [1.54, 1.807) is 24.3 Å². The summed E-state index contributed by atoms with van der Waals surface area (Å²) < 4.78 is 5.57. The number of morpholine rings is 1. The van der Waals surface area contributed by atoms with Crippen LogP contribution in [-0.4, -0.2) is 55.1 Å². The van der Waals surface area contributed by atoms with Crippen LogP contribution in [0.5, 0.6) is 0 Å². The number of hydrogen-bond donors (Lipinski definition) is 2. The first-order chi connectivity index (χ1) is 16.6. The van der Waals surface area contributed by atoms with E-state index in [0.29, 0.717) is 17.1 Å². The molecule has 2 amide bonds. The molecule has 182 valence electrons. The topological polar surface area (TPSA) is 70.7 Å². The molecule has 2 N–H and O–H groups in total. The molecule has 2 aromatic carbocycles. The van der Waals surface area contributed by atoms with Gasteiger partial charge in [-0.15, -0.1) is 0 Å². The Bertz CT molecular complexity index is 957. The van der Waals surface area contributed by atoms with Crippen LogP contribution in [0.3, 0.4) is 0 Å². The second-order valence-corrected chi connectivity index (χ2v) is 9.69. The Hall–Kier alpha value is -2.41. The molecule has 1 atom stereocenters. The summed E-state index contributed by atoms with van der Waals surface area (Å²) in [7, 11) is 0. The number of hydrogen-bond acceptors (Lipinski definition) is 4. The molecule has 1 aliphatic heterocycles. The van der Waals surface area contributed by atoms with Crippen LogP contribution in [0.1, 0.15) is 60.5 Å². The van der Waals surface area contributed by atoms with Crippen molar-refractivity contribution in [3.63, 3.8) is 0 Å². The summed E-state index contributed by atoms with van der Waals surface area (Å²) in [5.74, 6) is -0.351. The fourth-order valence-electron chi connectivity index (χ4n) is 5.19. The van der Waals surface area contributed by atoms with Gasteiger partial charge in [0.2, 0.25) is 5.91 Å². The zero-order chi connectivity index (χ0) is 23.8. The number of carbonyl (C=O) groups excluding carboxylic acids is 2. The van der Waals surface area contributed by atoms with Gasteiger partial charge in [-0.3, -0.25) is 14.5 Å². The number of nitrogens with one attached hydrogen (secondary N) is 2. The lowest BCUT2D eigenvalue weighted by Crippen LogP contribution is -2.59. The Kier molecular flexibility index (Phi) is 8.59. The van der Waals surface area contributed by atoms with Crippen LogP contribution in [0.25, 0.3) is 0 Å². The van der Waals surface area contributed by atoms with Gasteiger partial charge in [0.15, 0.2) is 0 Å². The van der Waals surface area contributed by atoms with E-state index in [1.807, 2.05) is 30.3 Å². The summed E-state index contributed by atoms with van der Waals surface area (Å²) in [5.41, 5.74) is 1.29. The Labute approximate surface area is 207 Å². The Morgan fingerprint density at radius 2 is 1.65 bits per heavy atom. The standard InChI is InChI=1S/C27H34ClN3O3/c28-23-12-6-5-11-22(23)26(33)30-24(21-9-3-1-4-10-21)19-25(32)29-20-27(13-7-2-8-14-27)31-15-17-34-18-16-31/h1,3-6,9-12,24H,2,7-8,13-20H2,(H,29,32)(H,30,33). The minimum absolute atomic E-state index is 0.000740. The highest BCUT2D eigenvalue weighted by molar-refractivity contribution is 6.33. The van der Waals surface area contributed by atoms with Crippen LogP contribution in [-0.2, 0) is 9.53 Å². The first-order valence-electron chi connectivity index (χ1n) is 12.3. The van der Waals surface area contributed by atoms with Crippen LogP contribution in [0.2, 0.25) is 5.02 Å². The minimum Gasteiger partial charge on any atom is -0.379 e. The highest BCUT2D eigenvalue weighted by Gasteiger charge is 2.39. The average Bonchev–Trinajstić information content (AvgIpc) is 2.89. The summed E-state index contributed by atoms with van der Waals surface area (Å²) in [5, 5.41) is 6.63. The molecule has 1 unspecified atom stereocenters. The normalized spacial score (nSPS) is 19.2. The molecule has 2 aromatic rings. The second-order valence-electron chi connectivity index (χ2n) is 9.28. The lowest BCUT2D eigenvalue weighted by molar-refractivity contribution is -0.122. The molecule has 1 saturated heterocycles. The van der Waals surface area contributed by atoms with Gasteiger partial charge in [0.05, 0.1) is 36.3 Å². The van der Waals surface area contributed by atoms with Crippen LogP contribution < -0.4 is 10.6 Å². The number of ether oxygens (including phenoxy) is 1. The molecule has 1 heterocycles. The van der Waals surface area contributed by atoms with Gasteiger partial charge < -0.3 is 15.4 Å². The number of carbonyl (C=O) groups is 2. The largest absolute Gasteiger partial charge is 0.379 e. The molecule has 1 aliphatic carbocycles. The van der Waals surface area contributed by atoms with Crippen molar-refractivity contribution in [3.8, 4) is 0 Å². The van der Waals surface area contributed by atoms with Crippen molar-refractivity contribution in [3.05, 3.63) is 70.7 Å². The van der Waals surface area contributed by atoms with Crippen LogP contribution in [0, 0.1) is 0 Å². The van der Waals surface area contributed by atoms with E-state index in [4.69, 9.17) is 16.3 Å². The van der Waals surface area contributed by atoms with Crippen molar-refractivity contribution < 1.29 is 14.3 Å². The molecular weight excluding hydrogens is 450 g/mol. The molecule has 6 nitrogen and oxygen atoms in total. The first-order valence-corrected chi connectivity index (χ1v) is 12.7. The van der Waals surface area contributed by atoms with Crippen molar-refractivity contribution in [2.75, 3.05) is 32.8 Å². The smallest absolute Gasteiger partial charge is 0.253 e. The van der Waals surface area contributed by atoms with Gasteiger partial charge in [-0.05, 0) is 30.5 Å². The summed E-state index contributed by atoms with van der Waals surface area (Å²) in [4.78, 5) is 28.6. The van der Waals surface area contributed by atoms with Gasteiger partial charge >= 0.3 is 0 Å². The quantitative estimate of drug-likeness (QED) is 0.585. The van der Waals surface area contributed by atoms with E-state index in [0.717, 1.165) is 44.7 Å². The third-order valence-corrected chi connectivity index (χ3v) is 7.43. The predicted octanol–water partition coefficient (Wildman–Crippen LogP) is 4.35. The molecule has 0 spiro atoms. The van der Waals surface area contributed by atoms with Gasteiger partial charge in [-0.25, -0.2) is 0 Å². The minimum atomic E-state index is -0.448. The predicted molar refractivity (Wildman–Crippen MR) is 134 cm³/mol. The maximum atomic E-state index is 13.1. The molecule has 0 radical (unpaired) electrons. The van der Waals surface area contributed by atoms with Crippen LogP contribution >= 0.6 is 11.6 Å². The fraction of sp³-hybridized carbons (Fsp3) is 0.481. The molecule has 1 saturated carbocycles. The zero-order valence-corrected chi connectivity index (χ0v) is 20.4. The maximum absolute atomic E-state index is 13.1. The van der Waals surface area contributed by atoms with Crippen molar-refractivity contribution in [1.82, 2.24) is 15.5 Å². The number of halogens is 1. The molecule has 0 aromatic heterocycles. The number of benzene rings is 2. The molecule has 34 heavy (non-hydrogen) atoms. The van der Waals surface area contributed by atoms with Crippen molar-refractivity contribution in [2.45, 2.75) is 50.1 Å². The monoisotopic (exact) mass is 483 g/mol. The Balaban J connectivity index is 1.44. The van der Waals surface area contributed by atoms with E-state index < -0.39 is 6.04 Å². The lowest BCUT2D eigenvalue weighted by atomic mass is 9.79. The molecule has 7 heteroatoms. The van der Waals surface area contributed by atoms with E-state index in [2.05, 4.69) is 15.5 Å². The molecular formula is C27H34ClN3O3. The second kappa shape index (κ2) is 11.8. The van der Waals surface area contributed by atoms with Gasteiger partial charge in [0.25, 0.3) is 5.91 Å². The first kappa shape index (κ1) is 24.7. The summed E-state index contributed by atoms with van der Waals surface area (Å²) in [6, 6.07) is 16.1. The third kappa shape index (κ3) is 6.17. The van der Waals surface area contributed by atoms with Crippen molar-refractivity contribution in [2.24, 2.45) is 0 Å². The molecule has 4 rings (SSSR count). The SMILES string of the molecule is O=C(CC(NC(=O)c1ccccc1Cl)c1ccccc1)NCC1(N2CCOCC2)CCCCC1. The average molecular weight is 484 g/mol. The number of nitrogens with zero attached hydrogens (tertiary/aromatic N) is 1. The molecule has 0 bridgehead atoms. The van der Waals surface area contributed by atoms with Gasteiger partial charge in [-0.2, -0.15) is 0 Å². The number of rotatable bonds is 8. The summed E-state index contributed by atoms with van der Waals surface area (Å²) in [6.07, 6.45) is 5.99.